The predicted octanol–water partition coefficient (Wildman–Crippen LogP) is 9.34. The lowest BCUT2D eigenvalue weighted by atomic mass is 9.93. The predicted molar refractivity (Wildman–Crippen MR) is 210 cm³/mol. The highest BCUT2D eigenvalue weighted by Crippen LogP contribution is 2.55. The fourth-order valence-corrected chi connectivity index (χ4v) is 13.0. The number of rotatable bonds is 7. The molecule has 0 atom stereocenters. The van der Waals surface area contributed by atoms with E-state index in [4.69, 9.17) is 0 Å². The first-order chi connectivity index (χ1) is 23.2. The van der Waals surface area contributed by atoms with Crippen molar-refractivity contribution in [2.75, 3.05) is 6.66 Å². The molecule has 0 aromatic heterocycles. The highest BCUT2D eigenvalue weighted by molar-refractivity contribution is 7.95. The summed E-state index contributed by atoms with van der Waals surface area (Å²) in [7, 11) is -2.96. The van der Waals surface area contributed by atoms with Crippen molar-refractivity contribution >= 4 is 68.6 Å². The quantitative estimate of drug-likeness (QED) is 0.153. The van der Waals surface area contributed by atoms with E-state index in [1.807, 2.05) is 0 Å². The minimum atomic E-state index is -2.10. The van der Waals surface area contributed by atoms with Gasteiger partial charge in [-0.3, -0.25) is 0 Å². The Labute approximate surface area is 279 Å². The molecule has 224 valence electrons. The van der Waals surface area contributed by atoms with Crippen molar-refractivity contribution in [1.29, 1.82) is 0 Å². The third-order valence-corrected chi connectivity index (χ3v) is 15.8. The molecule has 8 aromatic carbocycles. The fourth-order valence-electron chi connectivity index (χ4n) is 7.07. The maximum atomic E-state index is 2.52. The average molecular weight is 638 g/mol. The van der Waals surface area contributed by atoms with Gasteiger partial charge in [-0.1, -0.05) is 164 Å². The first-order valence-electron chi connectivity index (χ1n) is 16.2. The third kappa shape index (κ3) is 5.29. The minimum absolute atomic E-state index is 0.863. The van der Waals surface area contributed by atoms with Gasteiger partial charge in [-0.25, -0.2) is 0 Å². The fraction of sp³-hybridized carbons (Fsp3) is 0.0222. The number of benzene rings is 8. The van der Waals surface area contributed by atoms with Gasteiger partial charge in [0.1, 0.15) is 23.2 Å². The van der Waals surface area contributed by atoms with Crippen molar-refractivity contribution in [3.05, 3.63) is 194 Å². The van der Waals surface area contributed by atoms with Crippen LogP contribution in [-0.4, -0.2) is 6.66 Å². The second kappa shape index (κ2) is 12.7. The van der Waals surface area contributed by atoms with Gasteiger partial charge < -0.3 is 0 Å². The van der Waals surface area contributed by atoms with Crippen LogP contribution in [0.25, 0.3) is 32.7 Å². The highest BCUT2D eigenvalue weighted by atomic mass is 31.2. The molecule has 0 N–H and O–H groups in total. The van der Waals surface area contributed by atoms with Gasteiger partial charge >= 0.3 is 0 Å². The van der Waals surface area contributed by atoms with Crippen molar-refractivity contribution < 1.29 is 0 Å². The van der Waals surface area contributed by atoms with Gasteiger partial charge in [0.2, 0.25) is 0 Å². The van der Waals surface area contributed by atoms with Crippen LogP contribution in [0.1, 0.15) is 0 Å². The molecule has 0 spiro atoms. The summed E-state index contributed by atoms with van der Waals surface area (Å²) in [5, 5.41) is 13.4. The SMILES string of the molecule is C[P+](c1ccccc1)(c1ccccc1)c1ccc2ccccc2c1-c1c(P(c2ccccc2)c2ccccc2)ccc2ccccc12. The lowest BCUT2D eigenvalue weighted by molar-refractivity contribution is 1.71. The Hall–Kier alpha value is -4.86. The molecule has 0 nitrogen and oxygen atoms in total. The molecule has 8 rings (SSSR count). The third-order valence-electron chi connectivity index (χ3n) is 9.36. The van der Waals surface area contributed by atoms with Crippen LogP contribution in [-0.2, 0) is 0 Å². The molecule has 0 amide bonds. The Morgan fingerprint density at radius 3 is 1.28 bits per heavy atom. The number of hydrogen-bond donors (Lipinski definition) is 0. The molecule has 0 bridgehead atoms. The largest absolute Gasteiger partial charge is 0.113 e. The number of fused-ring (bicyclic) bond motifs is 2. The van der Waals surface area contributed by atoms with E-state index in [1.165, 1.54) is 64.5 Å². The van der Waals surface area contributed by atoms with Gasteiger partial charge in [-0.05, 0) is 75.7 Å². The summed E-state index contributed by atoms with van der Waals surface area (Å²) in [5.41, 5.74) is 2.71. The van der Waals surface area contributed by atoms with E-state index < -0.39 is 15.2 Å². The van der Waals surface area contributed by atoms with E-state index >= 15 is 0 Å². The summed E-state index contributed by atoms with van der Waals surface area (Å²) >= 11 is 0. The van der Waals surface area contributed by atoms with Crippen LogP contribution in [0.5, 0.6) is 0 Å². The van der Waals surface area contributed by atoms with Gasteiger partial charge in [0, 0.05) is 11.1 Å². The van der Waals surface area contributed by atoms with Crippen LogP contribution in [0.2, 0.25) is 0 Å². The molecule has 0 aliphatic heterocycles. The zero-order valence-electron chi connectivity index (χ0n) is 26.4. The van der Waals surface area contributed by atoms with E-state index in [9.17, 15) is 0 Å². The summed E-state index contributed by atoms with van der Waals surface area (Å²) in [6.07, 6.45) is 0. The van der Waals surface area contributed by atoms with Crippen LogP contribution in [0, 0.1) is 0 Å². The van der Waals surface area contributed by atoms with E-state index in [-0.39, 0.29) is 0 Å². The first-order valence-corrected chi connectivity index (χ1v) is 19.7. The van der Waals surface area contributed by atoms with Gasteiger partial charge in [-0.15, -0.1) is 0 Å². The molecular weight excluding hydrogens is 602 g/mol. The molecule has 0 heterocycles. The molecule has 0 saturated heterocycles. The minimum Gasteiger partial charge on any atom is -0.0622 e. The van der Waals surface area contributed by atoms with Crippen molar-refractivity contribution in [3.8, 4) is 11.1 Å². The first kappa shape index (κ1) is 29.5. The molecule has 47 heavy (non-hydrogen) atoms. The lowest BCUT2D eigenvalue weighted by Crippen LogP contribution is -2.32. The summed E-state index contributed by atoms with van der Waals surface area (Å²) < 4.78 is 0. The zero-order chi connectivity index (χ0) is 31.6. The van der Waals surface area contributed by atoms with E-state index in [0.29, 0.717) is 0 Å². The Balaban J connectivity index is 1.56. The average Bonchev–Trinajstić information content (AvgIpc) is 3.16. The topological polar surface area (TPSA) is 0 Å². The molecule has 0 unspecified atom stereocenters. The standard InChI is InChI=1S/C45H35P2/c1-47(38-24-10-4-11-25-38,39-26-12-5-13-27-39)43-33-31-35-19-15-17-29-41(35)45(43)44-40-28-16-14-18-34(40)30-32-42(44)46(36-20-6-2-7-21-36)37-22-8-3-9-23-37/h2-33H,1H3/q+1. The molecule has 0 saturated carbocycles. The summed E-state index contributed by atoms with van der Waals surface area (Å²) in [4.78, 5) is 0. The van der Waals surface area contributed by atoms with Crippen LogP contribution in [0.15, 0.2) is 194 Å². The molecular formula is C45H35P2+. The maximum absolute atomic E-state index is 2.52. The Morgan fingerprint density at radius 1 is 0.362 bits per heavy atom. The number of hydrogen-bond acceptors (Lipinski definition) is 0. The van der Waals surface area contributed by atoms with Gasteiger partial charge in [0.15, 0.2) is 0 Å². The van der Waals surface area contributed by atoms with Gasteiger partial charge in [-0.2, -0.15) is 0 Å². The monoisotopic (exact) mass is 637 g/mol. The molecule has 0 fully saturated rings. The maximum Gasteiger partial charge on any atom is 0.113 e. The van der Waals surface area contributed by atoms with Crippen molar-refractivity contribution in [1.82, 2.24) is 0 Å². The van der Waals surface area contributed by atoms with E-state index in [2.05, 4.69) is 201 Å². The van der Waals surface area contributed by atoms with Gasteiger partial charge in [0.05, 0.1) is 6.66 Å². The molecule has 0 aliphatic carbocycles. The zero-order valence-corrected chi connectivity index (χ0v) is 28.2. The Kier molecular flexibility index (Phi) is 8.00. The second-order valence-corrected chi connectivity index (χ2v) is 17.8. The Bertz CT molecular complexity index is 2220. The van der Waals surface area contributed by atoms with Crippen LogP contribution < -0.4 is 31.8 Å². The summed E-state index contributed by atoms with van der Waals surface area (Å²) in [6, 6.07) is 72.2. The highest BCUT2D eigenvalue weighted by Gasteiger charge is 2.43. The molecule has 0 aliphatic rings. The molecule has 0 radical (unpaired) electrons. The second-order valence-electron chi connectivity index (χ2n) is 12.0. The van der Waals surface area contributed by atoms with Crippen molar-refractivity contribution in [3.63, 3.8) is 0 Å². The lowest BCUT2D eigenvalue weighted by Gasteiger charge is -2.29. The van der Waals surface area contributed by atoms with Gasteiger partial charge in [0.25, 0.3) is 0 Å². The summed E-state index contributed by atoms with van der Waals surface area (Å²) in [5.74, 6) is 0. The van der Waals surface area contributed by atoms with Crippen LogP contribution >= 0.6 is 15.2 Å². The van der Waals surface area contributed by atoms with E-state index in [1.54, 1.807) is 0 Å². The van der Waals surface area contributed by atoms with Crippen molar-refractivity contribution in [2.45, 2.75) is 0 Å². The molecule has 2 heteroatoms. The molecule has 8 aromatic rings. The normalized spacial score (nSPS) is 11.7. The van der Waals surface area contributed by atoms with E-state index in [0.717, 1.165) is 0 Å². The smallest absolute Gasteiger partial charge is 0.0622 e. The van der Waals surface area contributed by atoms with Crippen molar-refractivity contribution in [2.24, 2.45) is 0 Å². The summed E-state index contributed by atoms with van der Waals surface area (Å²) in [6.45, 7) is 2.52. The van der Waals surface area contributed by atoms with Crippen LogP contribution in [0.3, 0.4) is 0 Å². The Morgan fingerprint density at radius 2 is 0.766 bits per heavy atom. The van der Waals surface area contributed by atoms with Crippen LogP contribution in [0.4, 0.5) is 0 Å².